The van der Waals surface area contributed by atoms with Gasteiger partial charge in [-0.05, 0) is 18.4 Å². The average Bonchev–Trinajstić information content (AvgIpc) is 3.42. The van der Waals surface area contributed by atoms with E-state index < -0.39 is 18.0 Å². The monoisotopic (exact) mass is 443 g/mol. The summed E-state index contributed by atoms with van der Waals surface area (Å²) in [5.41, 5.74) is 0.822. The van der Waals surface area contributed by atoms with Crippen LogP contribution < -0.4 is 0 Å². The molecule has 0 saturated carbocycles. The summed E-state index contributed by atoms with van der Waals surface area (Å²) < 4.78 is 1.71. The summed E-state index contributed by atoms with van der Waals surface area (Å²) in [5.74, 6) is -2.60. The average molecular weight is 444 g/mol. The van der Waals surface area contributed by atoms with Gasteiger partial charge < -0.3 is 15.1 Å². The van der Waals surface area contributed by atoms with Gasteiger partial charge in [-0.15, -0.1) is 22.7 Å². The third kappa shape index (κ3) is 2.47. The number of amides is 1. The zero-order chi connectivity index (χ0) is 21.3. The van der Waals surface area contributed by atoms with E-state index in [1.54, 1.807) is 29.7 Å². The van der Waals surface area contributed by atoms with Crippen LogP contribution >= 0.6 is 22.7 Å². The Labute approximate surface area is 178 Å². The second kappa shape index (κ2) is 6.59. The Kier molecular flexibility index (Phi) is 4.21. The minimum absolute atomic E-state index is 0.0435. The van der Waals surface area contributed by atoms with Crippen molar-refractivity contribution in [2.24, 2.45) is 11.8 Å². The number of carbonyl (C=O) groups excluding carboxylic acids is 2. The number of aliphatic hydroxyl groups is 1. The molecule has 3 aromatic rings. The van der Waals surface area contributed by atoms with Gasteiger partial charge in [-0.1, -0.05) is 13.0 Å². The van der Waals surface area contributed by atoms with Gasteiger partial charge in [0.2, 0.25) is 11.7 Å². The van der Waals surface area contributed by atoms with Crippen LogP contribution in [0.25, 0.3) is 10.4 Å². The summed E-state index contributed by atoms with van der Waals surface area (Å²) in [6, 6.07) is 3.16. The quantitative estimate of drug-likeness (QED) is 0.462. The highest BCUT2D eigenvalue weighted by Crippen LogP contribution is 2.51. The van der Waals surface area contributed by atoms with Gasteiger partial charge >= 0.3 is 5.97 Å². The lowest BCUT2D eigenvalue weighted by molar-refractivity contribution is -0.163. The summed E-state index contributed by atoms with van der Waals surface area (Å²) in [7, 11) is 0. The zero-order valence-electron chi connectivity index (χ0n) is 16.0. The van der Waals surface area contributed by atoms with Crippen LogP contribution in [0.5, 0.6) is 0 Å². The van der Waals surface area contributed by atoms with Crippen LogP contribution in [0, 0.1) is 11.8 Å². The maximum Gasteiger partial charge on any atom is 0.352 e. The smallest absolute Gasteiger partial charge is 0.352 e. The van der Waals surface area contributed by atoms with Crippen LogP contribution in [-0.4, -0.2) is 54.3 Å². The van der Waals surface area contributed by atoms with E-state index in [2.05, 4.69) is 4.98 Å². The molecule has 0 spiro atoms. The topological polar surface area (TPSA) is 112 Å². The molecular weight excluding hydrogens is 426 g/mol. The molecule has 30 heavy (non-hydrogen) atoms. The maximum absolute atomic E-state index is 12.8. The maximum atomic E-state index is 12.8. The van der Waals surface area contributed by atoms with Gasteiger partial charge in [0.05, 0.1) is 27.8 Å². The number of carbonyl (C=O) groups is 3. The van der Waals surface area contributed by atoms with E-state index in [1.165, 1.54) is 33.9 Å². The fraction of sp³-hybridized carbons (Fsp3) is 0.300. The van der Waals surface area contributed by atoms with Crippen LogP contribution in [0.15, 0.2) is 35.7 Å². The van der Waals surface area contributed by atoms with Gasteiger partial charge in [-0.2, -0.15) is 0 Å². The largest absolute Gasteiger partial charge is 0.477 e. The predicted molar refractivity (Wildman–Crippen MR) is 110 cm³/mol. The lowest BCUT2D eigenvalue weighted by Crippen LogP contribution is -2.63. The number of nitrogens with zero attached hydrogens (tertiary/aromatic N) is 3. The third-order valence-corrected chi connectivity index (χ3v) is 7.82. The number of thiazole rings is 1. The van der Waals surface area contributed by atoms with Crippen LogP contribution in [0.4, 0.5) is 0 Å². The number of aliphatic carboxylic acids is 1. The number of hydrogen-bond donors (Lipinski definition) is 2. The molecule has 1 fully saturated rings. The van der Waals surface area contributed by atoms with Crippen molar-refractivity contribution in [3.05, 3.63) is 51.2 Å². The first kappa shape index (κ1) is 19.2. The number of β-lactam (4-membered cyclic amide) rings is 1. The zero-order valence-corrected chi connectivity index (χ0v) is 17.6. The van der Waals surface area contributed by atoms with Gasteiger partial charge in [0.25, 0.3) is 0 Å². The molecule has 0 aliphatic carbocycles. The van der Waals surface area contributed by atoms with E-state index in [4.69, 9.17) is 0 Å². The normalized spacial score (nSPS) is 24.3. The summed E-state index contributed by atoms with van der Waals surface area (Å²) in [6.45, 7) is 3.42. The number of aliphatic hydroxyl groups excluding tert-OH is 1. The van der Waals surface area contributed by atoms with Crippen molar-refractivity contribution < 1.29 is 24.6 Å². The Bertz CT molecular complexity index is 1240. The Morgan fingerprint density at radius 2 is 2.10 bits per heavy atom. The molecule has 154 valence electrons. The van der Waals surface area contributed by atoms with E-state index in [1.807, 2.05) is 12.3 Å². The molecular formula is C20H17N3O5S2. The molecule has 2 N–H and O–H groups in total. The van der Waals surface area contributed by atoms with Gasteiger partial charge in [0, 0.05) is 17.7 Å². The second-order valence-corrected chi connectivity index (χ2v) is 9.51. The van der Waals surface area contributed by atoms with Crippen LogP contribution in [-0.2, 0) is 9.59 Å². The van der Waals surface area contributed by atoms with Crippen molar-refractivity contribution in [3.63, 3.8) is 0 Å². The van der Waals surface area contributed by atoms with Crippen molar-refractivity contribution in [2.45, 2.75) is 26.0 Å². The fourth-order valence-corrected chi connectivity index (χ4v) is 6.38. The number of hydrogen-bond acceptors (Lipinski definition) is 7. The molecule has 5 heterocycles. The van der Waals surface area contributed by atoms with Gasteiger partial charge in [-0.25, -0.2) is 9.78 Å². The van der Waals surface area contributed by atoms with Crippen molar-refractivity contribution in [3.8, 4) is 0 Å². The Balaban J connectivity index is 1.61. The minimum Gasteiger partial charge on any atom is -0.477 e. The molecule has 2 aliphatic heterocycles. The number of imidazole rings is 1. The lowest BCUT2D eigenvalue weighted by atomic mass is 9.77. The minimum atomic E-state index is -1.18. The third-order valence-electron chi connectivity index (χ3n) is 5.81. The number of thiophene rings is 1. The van der Waals surface area contributed by atoms with E-state index in [0.29, 0.717) is 25.9 Å². The molecule has 10 heteroatoms. The summed E-state index contributed by atoms with van der Waals surface area (Å²) in [5, 5.41) is 21.7. The molecule has 0 unspecified atom stereocenters. The van der Waals surface area contributed by atoms with E-state index in [0.717, 1.165) is 0 Å². The first-order chi connectivity index (χ1) is 14.3. The molecule has 3 aromatic heterocycles. The number of ketones is 1. The number of fused-ring (bicyclic) bond motifs is 2. The van der Waals surface area contributed by atoms with E-state index in [-0.39, 0.29) is 29.3 Å². The number of aromatic nitrogens is 2. The van der Waals surface area contributed by atoms with Gasteiger partial charge in [-0.3, -0.25) is 14.0 Å². The lowest BCUT2D eigenvalue weighted by Gasteiger charge is -2.46. The van der Waals surface area contributed by atoms with Crippen molar-refractivity contribution in [1.82, 2.24) is 14.3 Å². The number of carboxylic acid groups (broad SMARTS) is 1. The Hall–Kier alpha value is -2.82. The highest BCUT2D eigenvalue weighted by atomic mass is 32.1. The van der Waals surface area contributed by atoms with Gasteiger partial charge in [0.15, 0.2) is 0 Å². The summed E-state index contributed by atoms with van der Waals surface area (Å²) in [6.07, 6.45) is 2.43. The fourth-order valence-electron chi connectivity index (χ4n) is 4.50. The second-order valence-electron chi connectivity index (χ2n) is 7.53. The van der Waals surface area contributed by atoms with Crippen LogP contribution in [0.1, 0.15) is 34.1 Å². The van der Waals surface area contributed by atoms with Crippen molar-refractivity contribution in [2.75, 3.05) is 0 Å². The van der Waals surface area contributed by atoms with Crippen LogP contribution in [0.3, 0.4) is 0 Å². The summed E-state index contributed by atoms with van der Waals surface area (Å²) in [4.78, 5) is 44.8. The molecule has 8 nitrogen and oxygen atoms in total. The highest BCUT2D eigenvalue weighted by Gasteiger charge is 2.60. The van der Waals surface area contributed by atoms with Gasteiger partial charge in [0.1, 0.15) is 22.5 Å². The first-order valence-corrected chi connectivity index (χ1v) is 11.0. The van der Waals surface area contributed by atoms with Crippen molar-refractivity contribution in [1.29, 1.82) is 0 Å². The molecule has 0 aromatic carbocycles. The van der Waals surface area contributed by atoms with Crippen LogP contribution in [0.2, 0.25) is 0 Å². The Morgan fingerprint density at radius 3 is 2.73 bits per heavy atom. The molecule has 0 bridgehead atoms. The molecule has 4 atom stereocenters. The SMILES string of the molecule is C[C@@H](O)[C@H]1C(=O)N2C(C(=O)O)=C(c3cn4cnc(C(=O)c5cccs5)c4s3)[C@H](C)[C@H]12. The van der Waals surface area contributed by atoms with E-state index >= 15 is 0 Å². The molecule has 5 rings (SSSR count). The molecule has 0 radical (unpaired) electrons. The van der Waals surface area contributed by atoms with E-state index in [9.17, 15) is 24.6 Å². The Morgan fingerprint density at radius 1 is 1.33 bits per heavy atom. The number of carboxylic acids is 1. The molecule has 1 saturated heterocycles. The highest BCUT2D eigenvalue weighted by molar-refractivity contribution is 7.19. The van der Waals surface area contributed by atoms with Crippen molar-refractivity contribution >= 4 is 50.7 Å². The standard InChI is InChI=1S/C20H17N3O5S2/c1-8-12(16(20(27)28)23-15(8)13(9(2)24)18(23)26)11-6-22-7-21-14(19(22)30-11)17(25)10-4-3-5-29-10/h3-9,13,15,24H,1-2H3,(H,27,28)/t8-,9+,13+,15+/m0/s1. The molecule has 2 aliphatic rings. The predicted octanol–water partition coefficient (Wildman–Crippen LogP) is 2.34. The molecule has 1 amide bonds. The number of rotatable bonds is 5. The first-order valence-electron chi connectivity index (χ1n) is 9.35. The summed E-state index contributed by atoms with van der Waals surface area (Å²) >= 11 is 2.62.